The lowest BCUT2D eigenvalue weighted by atomic mass is 10.1. The summed E-state index contributed by atoms with van der Waals surface area (Å²) in [5.41, 5.74) is -0.449. The van der Waals surface area contributed by atoms with Gasteiger partial charge in [0.05, 0.1) is 12.7 Å². The van der Waals surface area contributed by atoms with E-state index in [2.05, 4.69) is 12.2 Å². The fraction of sp³-hybridized carbons (Fsp3) is 0.920. The van der Waals surface area contributed by atoms with E-state index in [1.54, 1.807) is 0 Å². The molecule has 0 spiro atoms. The van der Waals surface area contributed by atoms with Crippen molar-refractivity contribution in [1.82, 2.24) is 5.32 Å². The van der Waals surface area contributed by atoms with Crippen LogP contribution in [0.4, 0.5) is 0 Å². The maximum atomic E-state index is 11.8. The number of nitrogens with one attached hydrogen (secondary N) is 1. The number of unbranched alkanes of at least 4 members (excludes halogenated alkanes) is 8. The summed E-state index contributed by atoms with van der Waals surface area (Å²) in [6.45, 7) is 9.42. The van der Waals surface area contributed by atoms with E-state index in [0.29, 0.717) is 51.8 Å². The monoisotopic (exact) mass is 443 g/mol. The van der Waals surface area contributed by atoms with Crippen molar-refractivity contribution in [3.8, 4) is 0 Å². The van der Waals surface area contributed by atoms with Crippen LogP contribution in [0.25, 0.3) is 0 Å². The average molecular weight is 444 g/mol. The highest BCUT2D eigenvalue weighted by Gasteiger charge is 2.15. The first kappa shape index (κ1) is 29.9. The molecule has 0 aromatic rings. The summed E-state index contributed by atoms with van der Waals surface area (Å²) in [7, 11) is 0. The fourth-order valence-corrected chi connectivity index (χ4v) is 3.27. The average Bonchev–Trinajstić information content (AvgIpc) is 2.67. The number of carbonyl (C=O) groups excluding carboxylic acids is 2. The van der Waals surface area contributed by atoms with Crippen molar-refractivity contribution in [2.45, 2.75) is 129 Å². The molecule has 0 aliphatic heterocycles. The Labute approximate surface area is 190 Å². The number of hydrogen-bond donors (Lipinski definition) is 2. The molecular formula is C25H49NO5. The van der Waals surface area contributed by atoms with Gasteiger partial charge in [0.25, 0.3) is 0 Å². The van der Waals surface area contributed by atoms with Crippen LogP contribution in [0.15, 0.2) is 0 Å². The molecule has 0 radical (unpaired) electrons. The van der Waals surface area contributed by atoms with Crippen molar-refractivity contribution < 1.29 is 24.2 Å². The highest BCUT2D eigenvalue weighted by Crippen LogP contribution is 2.10. The van der Waals surface area contributed by atoms with Crippen LogP contribution in [0.3, 0.4) is 0 Å². The summed E-state index contributed by atoms with van der Waals surface area (Å²) < 4.78 is 10.5. The smallest absolute Gasteiger partial charge is 0.306 e. The van der Waals surface area contributed by atoms with E-state index in [4.69, 9.17) is 9.47 Å². The highest BCUT2D eigenvalue weighted by atomic mass is 16.6. The second kappa shape index (κ2) is 19.5. The Hall–Kier alpha value is -1.14. The van der Waals surface area contributed by atoms with Gasteiger partial charge >= 0.3 is 11.9 Å². The van der Waals surface area contributed by atoms with E-state index in [0.717, 1.165) is 12.8 Å². The van der Waals surface area contributed by atoms with Crippen LogP contribution >= 0.6 is 0 Å². The molecule has 6 nitrogen and oxygen atoms in total. The third-order valence-electron chi connectivity index (χ3n) is 4.96. The summed E-state index contributed by atoms with van der Waals surface area (Å²) in [5.74, 6) is -0.368. The van der Waals surface area contributed by atoms with Crippen molar-refractivity contribution in [3.63, 3.8) is 0 Å². The number of aliphatic hydroxyl groups is 1. The molecule has 0 heterocycles. The third kappa shape index (κ3) is 23.4. The van der Waals surface area contributed by atoms with Crippen molar-refractivity contribution in [2.75, 3.05) is 19.7 Å². The highest BCUT2D eigenvalue weighted by molar-refractivity contribution is 5.69. The molecule has 1 unspecified atom stereocenters. The molecular weight excluding hydrogens is 394 g/mol. The maximum absolute atomic E-state index is 11.8. The van der Waals surface area contributed by atoms with Gasteiger partial charge in [-0.3, -0.25) is 9.59 Å². The van der Waals surface area contributed by atoms with Gasteiger partial charge in [-0.1, -0.05) is 58.3 Å². The summed E-state index contributed by atoms with van der Waals surface area (Å²) >= 11 is 0. The summed E-state index contributed by atoms with van der Waals surface area (Å²) in [4.78, 5) is 23.4. The molecule has 0 amide bonds. The third-order valence-corrected chi connectivity index (χ3v) is 4.96. The zero-order valence-electron chi connectivity index (χ0n) is 20.7. The van der Waals surface area contributed by atoms with Crippen molar-refractivity contribution in [3.05, 3.63) is 0 Å². The van der Waals surface area contributed by atoms with Gasteiger partial charge in [-0.25, -0.2) is 0 Å². The fourth-order valence-electron chi connectivity index (χ4n) is 3.27. The maximum Gasteiger partial charge on any atom is 0.306 e. The molecule has 0 bridgehead atoms. The van der Waals surface area contributed by atoms with Crippen LogP contribution in [0.5, 0.6) is 0 Å². The molecule has 2 N–H and O–H groups in total. The molecule has 0 aliphatic carbocycles. The molecule has 0 rings (SSSR count). The Kier molecular flexibility index (Phi) is 18.8. The van der Waals surface area contributed by atoms with Crippen LogP contribution < -0.4 is 5.32 Å². The number of hydrogen-bond acceptors (Lipinski definition) is 6. The number of aliphatic hydroxyl groups excluding tert-OH is 1. The minimum atomic E-state index is -0.494. The quantitative estimate of drug-likeness (QED) is 0.196. The molecule has 0 aromatic heterocycles. The zero-order valence-corrected chi connectivity index (χ0v) is 20.7. The van der Waals surface area contributed by atoms with E-state index in [-0.39, 0.29) is 11.9 Å². The zero-order chi connectivity index (χ0) is 23.4. The Morgan fingerprint density at radius 1 is 0.839 bits per heavy atom. The summed E-state index contributed by atoms with van der Waals surface area (Å²) in [6.07, 6.45) is 13.3. The first-order valence-corrected chi connectivity index (χ1v) is 12.5. The van der Waals surface area contributed by atoms with Gasteiger partial charge in [-0.15, -0.1) is 0 Å². The molecule has 0 saturated heterocycles. The Balaban J connectivity index is 3.44. The SMILES string of the molecule is CCCCCCCCCCCOC(=O)CCCC(O)CNCCCC(=O)OC(C)(C)C. The first-order chi connectivity index (χ1) is 14.7. The molecule has 184 valence electrons. The lowest BCUT2D eigenvalue weighted by molar-refractivity contribution is -0.154. The van der Waals surface area contributed by atoms with Gasteiger partial charge in [-0.2, -0.15) is 0 Å². The van der Waals surface area contributed by atoms with E-state index >= 15 is 0 Å². The Morgan fingerprint density at radius 2 is 1.42 bits per heavy atom. The lowest BCUT2D eigenvalue weighted by Gasteiger charge is -2.19. The van der Waals surface area contributed by atoms with E-state index in [1.807, 2.05) is 20.8 Å². The topological polar surface area (TPSA) is 84.9 Å². The number of rotatable bonds is 20. The molecule has 0 aromatic carbocycles. The van der Waals surface area contributed by atoms with Gasteiger partial charge in [0.1, 0.15) is 5.60 Å². The second-order valence-electron chi connectivity index (χ2n) is 9.49. The molecule has 31 heavy (non-hydrogen) atoms. The molecule has 1 atom stereocenters. The molecule has 6 heteroatoms. The Bertz CT molecular complexity index is 448. The van der Waals surface area contributed by atoms with Gasteiger partial charge in [0.2, 0.25) is 0 Å². The van der Waals surface area contributed by atoms with Crippen LogP contribution in [-0.4, -0.2) is 48.4 Å². The van der Waals surface area contributed by atoms with Crippen LogP contribution in [0, 0.1) is 0 Å². The largest absolute Gasteiger partial charge is 0.466 e. The second-order valence-corrected chi connectivity index (χ2v) is 9.49. The van der Waals surface area contributed by atoms with Gasteiger partial charge in [0.15, 0.2) is 0 Å². The first-order valence-electron chi connectivity index (χ1n) is 12.5. The standard InChI is InChI=1S/C25H49NO5/c1-5-6-7-8-9-10-11-12-13-20-30-23(28)17-14-16-22(27)21-26-19-15-18-24(29)31-25(2,3)4/h22,26-27H,5-21H2,1-4H3. The van der Waals surface area contributed by atoms with Gasteiger partial charge < -0.3 is 19.9 Å². The molecule has 0 aliphatic rings. The van der Waals surface area contributed by atoms with E-state index in [1.165, 1.54) is 44.9 Å². The number of ether oxygens (including phenoxy) is 2. The molecule has 0 saturated carbocycles. The van der Waals surface area contributed by atoms with Crippen molar-refractivity contribution in [2.24, 2.45) is 0 Å². The number of carbonyl (C=O) groups is 2. The summed E-state index contributed by atoms with van der Waals surface area (Å²) in [5, 5.41) is 13.1. The Morgan fingerprint density at radius 3 is 2.03 bits per heavy atom. The van der Waals surface area contributed by atoms with Crippen LogP contribution in [0.1, 0.15) is 118 Å². The van der Waals surface area contributed by atoms with Crippen LogP contribution in [-0.2, 0) is 19.1 Å². The van der Waals surface area contributed by atoms with Crippen molar-refractivity contribution >= 4 is 11.9 Å². The van der Waals surface area contributed by atoms with E-state index < -0.39 is 11.7 Å². The lowest BCUT2D eigenvalue weighted by Crippen LogP contribution is -2.28. The summed E-state index contributed by atoms with van der Waals surface area (Å²) in [6, 6.07) is 0. The molecule has 0 fully saturated rings. The predicted molar refractivity (Wildman–Crippen MR) is 126 cm³/mol. The minimum absolute atomic E-state index is 0.169. The van der Waals surface area contributed by atoms with Gasteiger partial charge in [-0.05, 0) is 53.0 Å². The minimum Gasteiger partial charge on any atom is -0.466 e. The van der Waals surface area contributed by atoms with Gasteiger partial charge in [0, 0.05) is 19.4 Å². The van der Waals surface area contributed by atoms with Crippen LogP contribution in [0.2, 0.25) is 0 Å². The van der Waals surface area contributed by atoms with E-state index in [9.17, 15) is 14.7 Å². The number of esters is 2. The normalized spacial score (nSPS) is 12.5. The predicted octanol–water partition coefficient (Wildman–Crippen LogP) is 5.30. The van der Waals surface area contributed by atoms with Crippen molar-refractivity contribution in [1.29, 1.82) is 0 Å².